The highest BCUT2D eigenvalue weighted by Gasteiger charge is 2.41. The number of carbonyl (C=O) groups is 3. The molecule has 2 aliphatic rings. The van der Waals surface area contributed by atoms with Crippen molar-refractivity contribution in [2.75, 3.05) is 19.6 Å². The lowest BCUT2D eigenvalue weighted by Crippen LogP contribution is -2.51. The van der Waals surface area contributed by atoms with E-state index in [1.807, 2.05) is 47.0 Å². The van der Waals surface area contributed by atoms with Gasteiger partial charge in [-0.1, -0.05) is 6.07 Å². The molecule has 206 valence electrons. The monoisotopic (exact) mass is 531 g/mol. The number of amides is 3. The van der Waals surface area contributed by atoms with Crippen LogP contribution in [0.4, 0.5) is 0 Å². The molecule has 1 aromatic carbocycles. The molecule has 0 radical (unpaired) electrons. The second-order valence-electron chi connectivity index (χ2n) is 10.8. The molecule has 3 amide bonds. The highest BCUT2D eigenvalue weighted by molar-refractivity contribution is 5.91. The van der Waals surface area contributed by atoms with Gasteiger partial charge in [0.15, 0.2) is 0 Å². The summed E-state index contributed by atoms with van der Waals surface area (Å²) in [6.07, 6.45) is 9.18. The number of fused-ring (bicyclic) bond motifs is 1. The minimum Gasteiger partial charge on any atom is -0.350 e. The summed E-state index contributed by atoms with van der Waals surface area (Å²) in [7, 11) is 1.89. The fourth-order valence-electron chi connectivity index (χ4n) is 5.79. The Balaban J connectivity index is 1.24. The zero-order valence-electron chi connectivity index (χ0n) is 22.5. The van der Waals surface area contributed by atoms with Crippen molar-refractivity contribution in [3.63, 3.8) is 0 Å². The molecule has 3 atom stereocenters. The number of nitrogens with zero attached hydrogens (tertiary/aromatic N) is 5. The smallest absolute Gasteiger partial charge is 0.243 e. The van der Waals surface area contributed by atoms with Gasteiger partial charge in [-0.25, -0.2) is 0 Å². The number of aryl methyl sites for hydroxylation is 1. The molecule has 2 saturated heterocycles. The standard InChI is InChI=1S/C29H37N7O3/c1-34-25-6-4-21(15-23(25)18-33-34)17-32-28(38)26-16-22(14-20-8-10-31-11-9-20)19-36(26)29(39)24(30)5-7-27(37)35-12-2-3-13-35/h4,6,8-11,15,18,22,24,26H,2-3,5,7,12-14,16-17,19,30H2,1H3,(H,32,38)/t22-,24-,26+/m1/s1. The predicted octanol–water partition coefficient (Wildman–Crippen LogP) is 1.77. The van der Waals surface area contributed by atoms with Crippen LogP contribution >= 0.6 is 0 Å². The Morgan fingerprint density at radius 1 is 1.10 bits per heavy atom. The normalized spacial score (nSPS) is 19.9. The van der Waals surface area contributed by atoms with Gasteiger partial charge in [0.05, 0.1) is 17.8 Å². The van der Waals surface area contributed by atoms with Gasteiger partial charge in [-0.15, -0.1) is 0 Å². The molecule has 5 rings (SSSR count). The molecule has 2 aromatic heterocycles. The predicted molar refractivity (Wildman–Crippen MR) is 147 cm³/mol. The molecule has 0 bridgehead atoms. The number of aromatic nitrogens is 3. The SMILES string of the molecule is Cn1ncc2cc(CNC(=O)[C@@H]3C[C@@H](Cc4ccncc4)CN3C(=O)[C@H](N)CCC(=O)N3CCCC3)ccc21. The molecule has 2 fully saturated rings. The van der Waals surface area contributed by atoms with Crippen molar-refractivity contribution in [1.82, 2.24) is 29.9 Å². The Kier molecular flexibility index (Phi) is 8.21. The molecule has 0 aliphatic carbocycles. The van der Waals surface area contributed by atoms with E-state index in [0.29, 0.717) is 19.5 Å². The molecule has 4 heterocycles. The van der Waals surface area contributed by atoms with E-state index < -0.39 is 12.1 Å². The van der Waals surface area contributed by atoms with E-state index in [2.05, 4.69) is 15.4 Å². The first-order valence-corrected chi connectivity index (χ1v) is 13.8. The average Bonchev–Trinajstić information content (AvgIpc) is 3.71. The Labute approximate surface area is 228 Å². The largest absolute Gasteiger partial charge is 0.350 e. The highest BCUT2D eigenvalue weighted by atomic mass is 16.2. The zero-order valence-corrected chi connectivity index (χ0v) is 22.5. The van der Waals surface area contributed by atoms with Crippen molar-refractivity contribution in [2.45, 2.75) is 57.2 Å². The van der Waals surface area contributed by atoms with E-state index in [-0.39, 0.29) is 36.5 Å². The van der Waals surface area contributed by atoms with Crippen molar-refractivity contribution in [2.24, 2.45) is 18.7 Å². The van der Waals surface area contributed by atoms with Crippen LogP contribution in [0.1, 0.15) is 43.2 Å². The van der Waals surface area contributed by atoms with Gasteiger partial charge < -0.3 is 20.9 Å². The maximum absolute atomic E-state index is 13.5. The number of rotatable bonds is 9. The molecule has 3 aromatic rings. The molecular formula is C29H37N7O3. The Bertz CT molecular complexity index is 1320. The van der Waals surface area contributed by atoms with Crippen LogP contribution in [0.3, 0.4) is 0 Å². The molecule has 10 heteroatoms. The number of nitrogens with two attached hydrogens (primary N) is 1. The van der Waals surface area contributed by atoms with Crippen molar-refractivity contribution >= 4 is 28.6 Å². The molecule has 39 heavy (non-hydrogen) atoms. The first-order valence-electron chi connectivity index (χ1n) is 13.8. The van der Waals surface area contributed by atoms with Gasteiger partial charge in [0.25, 0.3) is 0 Å². The first kappa shape index (κ1) is 26.8. The van der Waals surface area contributed by atoms with Crippen LogP contribution in [0.15, 0.2) is 48.9 Å². The third-order valence-corrected chi connectivity index (χ3v) is 7.97. The number of carbonyl (C=O) groups excluding carboxylic acids is 3. The van der Waals surface area contributed by atoms with Crippen LogP contribution < -0.4 is 11.1 Å². The highest BCUT2D eigenvalue weighted by Crippen LogP contribution is 2.28. The number of nitrogens with one attached hydrogen (secondary N) is 1. The quantitative estimate of drug-likeness (QED) is 0.433. The van der Waals surface area contributed by atoms with E-state index in [1.165, 1.54) is 0 Å². The molecular weight excluding hydrogens is 494 g/mol. The number of hydrogen-bond donors (Lipinski definition) is 2. The maximum Gasteiger partial charge on any atom is 0.243 e. The summed E-state index contributed by atoms with van der Waals surface area (Å²) in [5, 5.41) is 8.32. The summed E-state index contributed by atoms with van der Waals surface area (Å²) in [6.45, 7) is 2.36. The zero-order chi connectivity index (χ0) is 27.4. The van der Waals surface area contributed by atoms with Crippen molar-refractivity contribution in [1.29, 1.82) is 0 Å². The van der Waals surface area contributed by atoms with Crippen molar-refractivity contribution in [3.8, 4) is 0 Å². The lowest BCUT2D eigenvalue weighted by atomic mass is 9.97. The summed E-state index contributed by atoms with van der Waals surface area (Å²) in [6, 6.07) is 8.48. The number of hydrogen-bond acceptors (Lipinski definition) is 6. The Morgan fingerprint density at radius 2 is 1.87 bits per heavy atom. The fraction of sp³-hybridized carbons (Fsp3) is 0.483. The van der Waals surface area contributed by atoms with Crippen LogP contribution in [-0.4, -0.2) is 74.0 Å². The van der Waals surface area contributed by atoms with Crippen molar-refractivity contribution < 1.29 is 14.4 Å². The number of benzene rings is 1. The van der Waals surface area contributed by atoms with Crippen LogP contribution in [-0.2, 0) is 34.4 Å². The van der Waals surface area contributed by atoms with Gasteiger partial charge in [0, 0.05) is 57.4 Å². The second-order valence-corrected chi connectivity index (χ2v) is 10.8. The summed E-state index contributed by atoms with van der Waals surface area (Å²) in [5.74, 6) is -0.282. The average molecular weight is 532 g/mol. The first-order chi connectivity index (χ1) is 18.9. The van der Waals surface area contributed by atoms with Gasteiger partial charge >= 0.3 is 0 Å². The van der Waals surface area contributed by atoms with Crippen LogP contribution in [0, 0.1) is 5.92 Å². The summed E-state index contributed by atoms with van der Waals surface area (Å²) in [5.41, 5.74) is 9.42. The van der Waals surface area contributed by atoms with E-state index in [4.69, 9.17) is 5.73 Å². The molecule has 0 unspecified atom stereocenters. The van der Waals surface area contributed by atoms with Crippen LogP contribution in [0.5, 0.6) is 0 Å². The number of likely N-dealkylation sites (tertiary alicyclic amines) is 2. The molecule has 10 nitrogen and oxygen atoms in total. The summed E-state index contributed by atoms with van der Waals surface area (Å²) < 4.78 is 1.81. The molecule has 2 aliphatic heterocycles. The minimum atomic E-state index is -0.820. The van der Waals surface area contributed by atoms with Gasteiger partial charge in [-0.2, -0.15) is 5.10 Å². The van der Waals surface area contributed by atoms with Gasteiger partial charge in [0.1, 0.15) is 6.04 Å². The van der Waals surface area contributed by atoms with E-state index in [0.717, 1.165) is 54.4 Å². The van der Waals surface area contributed by atoms with E-state index >= 15 is 0 Å². The minimum absolute atomic E-state index is 0.0487. The molecule has 0 spiro atoms. The number of pyridine rings is 1. The van der Waals surface area contributed by atoms with E-state index in [9.17, 15) is 14.4 Å². The lowest BCUT2D eigenvalue weighted by Gasteiger charge is -2.27. The fourth-order valence-corrected chi connectivity index (χ4v) is 5.79. The lowest BCUT2D eigenvalue weighted by molar-refractivity contribution is -0.140. The topological polar surface area (TPSA) is 126 Å². The molecule has 3 N–H and O–H groups in total. The van der Waals surface area contributed by atoms with Gasteiger partial charge in [-0.3, -0.25) is 24.0 Å². The summed E-state index contributed by atoms with van der Waals surface area (Å²) >= 11 is 0. The summed E-state index contributed by atoms with van der Waals surface area (Å²) in [4.78, 5) is 47.0. The van der Waals surface area contributed by atoms with Crippen LogP contribution in [0.2, 0.25) is 0 Å². The maximum atomic E-state index is 13.5. The second kappa shape index (κ2) is 11.9. The van der Waals surface area contributed by atoms with E-state index in [1.54, 1.807) is 23.5 Å². The Morgan fingerprint density at radius 3 is 2.64 bits per heavy atom. The third kappa shape index (κ3) is 6.27. The van der Waals surface area contributed by atoms with Crippen molar-refractivity contribution in [3.05, 3.63) is 60.0 Å². The third-order valence-electron chi connectivity index (χ3n) is 7.97. The molecule has 0 saturated carbocycles. The Hall–Kier alpha value is -3.79. The van der Waals surface area contributed by atoms with Gasteiger partial charge in [-0.05, 0) is 73.4 Å². The van der Waals surface area contributed by atoms with Crippen LogP contribution in [0.25, 0.3) is 10.9 Å². The van der Waals surface area contributed by atoms with Gasteiger partial charge in [0.2, 0.25) is 17.7 Å².